The molecule has 0 aliphatic rings. The van der Waals surface area contributed by atoms with Crippen LogP contribution in [0.5, 0.6) is 0 Å². The first kappa shape index (κ1) is 14.8. The Morgan fingerprint density at radius 1 is 1.24 bits per heavy atom. The Morgan fingerprint density at radius 3 is 2.18 bits per heavy atom. The largest absolute Gasteiger partial charge is 0.508 e. The maximum absolute atomic E-state index is 11.4. The van der Waals surface area contributed by atoms with E-state index in [4.69, 9.17) is 3.97 Å². The van der Waals surface area contributed by atoms with Gasteiger partial charge < -0.3 is 0 Å². The molecule has 0 atom stereocenters. The van der Waals surface area contributed by atoms with E-state index in [2.05, 4.69) is 33.8 Å². The average Bonchev–Trinajstić information content (AvgIpc) is 2.36. The third-order valence-electron chi connectivity index (χ3n) is 1.47. The third-order valence-corrected chi connectivity index (χ3v) is 4.57. The maximum atomic E-state index is 11.4. The van der Waals surface area contributed by atoms with Crippen molar-refractivity contribution in [2.75, 3.05) is 0 Å². The molecule has 17 heavy (non-hydrogen) atoms. The Morgan fingerprint density at radius 2 is 1.76 bits per heavy atom. The summed E-state index contributed by atoms with van der Waals surface area (Å²) in [5.41, 5.74) is -0.0616. The molecule has 0 amide bonds. The van der Waals surface area contributed by atoms with E-state index in [1.807, 2.05) is 0 Å². The van der Waals surface area contributed by atoms with Gasteiger partial charge in [0.05, 0.1) is 4.92 Å². The molecule has 0 fully saturated rings. The molecule has 0 N–H and O–H groups in total. The smallest absolute Gasteiger partial charge is 0.258 e. The van der Waals surface area contributed by atoms with Crippen molar-refractivity contribution < 1.29 is 21.4 Å². The summed E-state index contributed by atoms with van der Waals surface area (Å²) >= 11 is 7.28. The molecule has 1 aromatic rings. The Hall–Kier alpha value is -0.220. The first-order chi connectivity index (χ1) is 8.00. The number of nitrogens with zero attached hydrogens (tertiary/aromatic N) is 1. The highest BCUT2D eigenvalue weighted by Crippen LogP contribution is 2.55. The van der Waals surface area contributed by atoms with Crippen molar-refractivity contribution in [1.82, 2.24) is 0 Å². The predicted molar refractivity (Wildman–Crippen MR) is 67.8 cm³/mol. The summed E-state index contributed by atoms with van der Waals surface area (Å²) in [6.07, 6.45) is 0. The highest BCUT2D eigenvalue weighted by molar-refractivity contribution is 7.99. The number of non-ortho nitro benzene ring substituents is 1. The molecule has 0 saturated heterocycles. The highest BCUT2D eigenvalue weighted by Gasteiger charge is 2.26. The van der Waals surface area contributed by atoms with Crippen molar-refractivity contribution in [3.05, 3.63) is 34.4 Å². The first-order valence-electron chi connectivity index (χ1n) is 3.88. The molecular formula is C6H6NO6PS3. The van der Waals surface area contributed by atoms with Crippen LogP contribution in [0.15, 0.2) is 29.2 Å². The number of benzene rings is 1. The number of hydrogen-bond donors (Lipinski definition) is 2. The fourth-order valence-electron chi connectivity index (χ4n) is 0.754. The summed E-state index contributed by atoms with van der Waals surface area (Å²) in [7, 11) is -3.82. The second-order valence-electron chi connectivity index (χ2n) is 2.52. The molecule has 0 bridgehead atoms. The van der Waals surface area contributed by atoms with E-state index in [9.17, 15) is 14.7 Å². The van der Waals surface area contributed by atoms with Crippen molar-refractivity contribution >= 4 is 51.4 Å². The summed E-state index contributed by atoms with van der Waals surface area (Å²) in [6, 6.07) is 5.40. The Bertz CT molecular complexity index is 432. The van der Waals surface area contributed by atoms with Gasteiger partial charge >= 0.3 is 7.82 Å². The molecule has 0 aliphatic carbocycles. The van der Waals surface area contributed by atoms with E-state index in [1.165, 1.54) is 24.3 Å². The van der Waals surface area contributed by atoms with Crippen LogP contribution in [-0.2, 0) is 16.5 Å². The van der Waals surface area contributed by atoms with Gasteiger partial charge in [-0.25, -0.2) is 16.5 Å². The van der Waals surface area contributed by atoms with Gasteiger partial charge in [0.15, 0.2) is 0 Å². The highest BCUT2D eigenvalue weighted by atomic mass is 32.2. The molecule has 94 valence electrons. The SMILES string of the molecule is O=[N+]([O-])c1ccc(SOP(=O)(OS)OS)cc1. The lowest BCUT2D eigenvalue weighted by atomic mass is 10.3. The number of phosphoric acid groups is 1. The molecule has 11 heteroatoms. The second kappa shape index (κ2) is 6.64. The van der Waals surface area contributed by atoms with Gasteiger partial charge in [0.1, 0.15) is 0 Å². The van der Waals surface area contributed by atoms with Crippen LogP contribution < -0.4 is 0 Å². The molecule has 1 aromatic carbocycles. The molecule has 0 unspecified atom stereocenters. The fourth-order valence-corrected chi connectivity index (χ4v) is 2.81. The van der Waals surface area contributed by atoms with Crippen LogP contribution in [0.4, 0.5) is 5.69 Å². The Labute approximate surface area is 112 Å². The fraction of sp³-hybridized carbons (Fsp3) is 0. The number of nitro groups is 1. The van der Waals surface area contributed by atoms with Gasteiger partial charge in [-0.2, -0.15) is 0 Å². The Kier molecular flexibility index (Phi) is 5.80. The molecular weight excluding hydrogens is 309 g/mol. The van der Waals surface area contributed by atoms with Crippen LogP contribution in [-0.4, -0.2) is 4.92 Å². The van der Waals surface area contributed by atoms with Crippen LogP contribution in [0, 0.1) is 10.1 Å². The van der Waals surface area contributed by atoms with Gasteiger partial charge in [0.25, 0.3) is 5.69 Å². The average molecular weight is 315 g/mol. The van der Waals surface area contributed by atoms with Gasteiger partial charge in [0.2, 0.25) is 0 Å². The van der Waals surface area contributed by atoms with Crippen molar-refractivity contribution in [2.24, 2.45) is 0 Å². The quantitative estimate of drug-likeness (QED) is 0.273. The number of rotatable bonds is 6. The van der Waals surface area contributed by atoms with Crippen LogP contribution in [0.25, 0.3) is 0 Å². The maximum Gasteiger partial charge on any atom is 0.508 e. The van der Waals surface area contributed by atoms with Crippen LogP contribution in [0.3, 0.4) is 0 Å². The normalized spacial score (nSPS) is 11.4. The molecule has 0 saturated carbocycles. The second-order valence-corrected chi connectivity index (χ2v) is 5.95. The Balaban J connectivity index is 2.64. The van der Waals surface area contributed by atoms with E-state index in [1.54, 1.807) is 0 Å². The van der Waals surface area contributed by atoms with Crippen molar-refractivity contribution in [3.8, 4) is 0 Å². The van der Waals surface area contributed by atoms with Gasteiger partial charge in [-0.15, -0.1) is 0 Å². The van der Waals surface area contributed by atoms with E-state index >= 15 is 0 Å². The van der Waals surface area contributed by atoms with Crippen LogP contribution >= 0.6 is 45.7 Å². The van der Waals surface area contributed by atoms with E-state index < -0.39 is 12.7 Å². The topological polar surface area (TPSA) is 87.9 Å². The standard InChI is InChI=1S/C6H6NO6PS3/c8-7(9)5-1-3-6(4-2-5)17-13-14(10,11-15)12-16/h1-4,15-16H. The van der Waals surface area contributed by atoms with E-state index in [-0.39, 0.29) is 5.69 Å². The van der Waals surface area contributed by atoms with E-state index in [0.717, 1.165) is 0 Å². The third kappa shape index (κ3) is 4.51. The van der Waals surface area contributed by atoms with Crippen LogP contribution in [0.1, 0.15) is 0 Å². The summed E-state index contributed by atoms with van der Waals surface area (Å²) in [5.74, 6) is 0. The monoisotopic (exact) mass is 315 g/mol. The molecule has 0 aromatic heterocycles. The first-order valence-corrected chi connectivity index (χ1v) is 6.81. The van der Waals surface area contributed by atoms with Crippen molar-refractivity contribution in [1.29, 1.82) is 0 Å². The molecule has 0 aliphatic heterocycles. The number of thiol groups is 2. The summed E-state index contributed by atoms with van der Waals surface area (Å²) < 4.78 is 24.4. The minimum atomic E-state index is -3.82. The molecule has 0 heterocycles. The summed E-state index contributed by atoms with van der Waals surface area (Å²) in [5, 5.41) is 10.4. The van der Waals surface area contributed by atoms with Crippen LogP contribution in [0.2, 0.25) is 0 Å². The van der Waals surface area contributed by atoms with Gasteiger partial charge in [-0.05, 0) is 38.0 Å². The summed E-state index contributed by atoms with van der Waals surface area (Å²) in [4.78, 5) is 10.3. The zero-order valence-electron chi connectivity index (χ0n) is 7.96. The van der Waals surface area contributed by atoms with Gasteiger partial charge in [0, 0.05) is 29.1 Å². The molecule has 0 radical (unpaired) electrons. The van der Waals surface area contributed by atoms with E-state index in [0.29, 0.717) is 16.9 Å². The number of nitro benzene ring substituents is 1. The summed E-state index contributed by atoms with van der Waals surface area (Å²) in [6.45, 7) is 0. The zero-order chi connectivity index (χ0) is 12.9. The lowest BCUT2D eigenvalue weighted by molar-refractivity contribution is -0.384. The lowest BCUT2D eigenvalue weighted by Gasteiger charge is -2.09. The minimum absolute atomic E-state index is 0.0616. The molecule has 0 spiro atoms. The van der Waals surface area contributed by atoms with Gasteiger partial charge in [-0.3, -0.25) is 10.1 Å². The zero-order valence-corrected chi connectivity index (χ0v) is 11.5. The predicted octanol–water partition coefficient (Wildman–Crippen LogP) is 3.45. The number of hydrogen-bond acceptors (Lipinski definition) is 9. The van der Waals surface area contributed by atoms with Crippen molar-refractivity contribution in [3.63, 3.8) is 0 Å². The lowest BCUT2D eigenvalue weighted by Crippen LogP contribution is -1.87. The van der Waals surface area contributed by atoms with Crippen molar-refractivity contribution in [2.45, 2.75) is 4.90 Å². The van der Waals surface area contributed by atoms with Gasteiger partial charge in [-0.1, -0.05) is 0 Å². The minimum Gasteiger partial charge on any atom is -0.258 e. The molecule has 1 rings (SSSR count). The molecule has 7 nitrogen and oxygen atoms in total.